The number of methoxy groups -OCH3 is 1. The van der Waals surface area contributed by atoms with E-state index in [1.807, 2.05) is 60.3 Å². The molecule has 3 aromatic rings. The largest absolute Gasteiger partial charge is 0.497 e. The second-order valence-corrected chi connectivity index (χ2v) is 4.29. The van der Waals surface area contributed by atoms with Crippen molar-refractivity contribution in [2.24, 2.45) is 0 Å². The number of hydrogen-bond acceptors (Lipinski definition) is 2. The average molecular weight is 238 g/mol. The summed E-state index contributed by atoms with van der Waals surface area (Å²) in [6.45, 7) is 2.05. The molecule has 0 saturated carbocycles. The lowest BCUT2D eigenvalue weighted by Crippen LogP contribution is -1.93. The van der Waals surface area contributed by atoms with Gasteiger partial charge in [-0.2, -0.15) is 5.10 Å². The van der Waals surface area contributed by atoms with E-state index < -0.39 is 0 Å². The number of fused-ring (bicyclic) bond motifs is 1. The van der Waals surface area contributed by atoms with Gasteiger partial charge >= 0.3 is 0 Å². The third kappa shape index (κ3) is 1.74. The summed E-state index contributed by atoms with van der Waals surface area (Å²) in [5.74, 6) is 0.868. The first-order valence-corrected chi connectivity index (χ1v) is 5.87. The van der Waals surface area contributed by atoms with Gasteiger partial charge < -0.3 is 4.74 Å². The molecule has 18 heavy (non-hydrogen) atoms. The van der Waals surface area contributed by atoms with Crippen molar-refractivity contribution < 1.29 is 4.74 Å². The zero-order chi connectivity index (χ0) is 12.5. The monoisotopic (exact) mass is 238 g/mol. The molecule has 2 aromatic carbocycles. The SMILES string of the molecule is COc1cc(C)c2nn(-c3ccccc3)cc2c1. The molecule has 90 valence electrons. The third-order valence-corrected chi connectivity index (χ3v) is 3.03. The molecular formula is C15H14N2O. The Balaban J connectivity index is 2.20. The molecule has 0 saturated heterocycles. The van der Waals surface area contributed by atoms with Crippen LogP contribution >= 0.6 is 0 Å². The van der Waals surface area contributed by atoms with Crippen molar-refractivity contribution in [3.8, 4) is 11.4 Å². The van der Waals surface area contributed by atoms with E-state index in [-0.39, 0.29) is 0 Å². The molecule has 0 unspecified atom stereocenters. The molecule has 0 aliphatic rings. The van der Waals surface area contributed by atoms with E-state index in [4.69, 9.17) is 4.74 Å². The predicted octanol–water partition coefficient (Wildman–Crippen LogP) is 3.34. The molecule has 0 bridgehead atoms. The summed E-state index contributed by atoms with van der Waals surface area (Å²) in [4.78, 5) is 0. The summed E-state index contributed by atoms with van der Waals surface area (Å²) in [7, 11) is 1.68. The lowest BCUT2D eigenvalue weighted by molar-refractivity contribution is 0.415. The van der Waals surface area contributed by atoms with Crippen LogP contribution < -0.4 is 4.74 Å². The molecule has 1 aromatic heterocycles. The molecule has 0 N–H and O–H groups in total. The topological polar surface area (TPSA) is 27.1 Å². The van der Waals surface area contributed by atoms with Gasteiger partial charge in [0.05, 0.1) is 18.3 Å². The van der Waals surface area contributed by atoms with Crippen molar-refractivity contribution in [3.05, 3.63) is 54.2 Å². The Morgan fingerprint density at radius 1 is 1.11 bits per heavy atom. The molecule has 3 nitrogen and oxygen atoms in total. The van der Waals surface area contributed by atoms with Crippen LogP contribution in [0.3, 0.4) is 0 Å². The summed E-state index contributed by atoms with van der Waals surface area (Å²) in [6.07, 6.45) is 2.03. The average Bonchev–Trinajstić information content (AvgIpc) is 2.84. The van der Waals surface area contributed by atoms with Crippen molar-refractivity contribution in [1.29, 1.82) is 0 Å². The van der Waals surface area contributed by atoms with Gasteiger partial charge in [-0.1, -0.05) is 18.2 Å². The molecule has 0 aliphatic heterocycles. The van der Waals surface area contributed by atoms with Crippen LogP contribution in [0.25, 0.3) is 16.6 Å². The van der Waals surface area contributed by atoms with Crippen LogP contribution in [0.5, 0.6) is 5.75 Å². The molecule has 0 atom stereocenters. The Morgan fingerprint density at radius 3 is 2.61 bits per heavy atom. The van der Waals surface area contributed by atoms with Gasteiger partial charge in [0.15, 0.2) is 0 Å². The van der Waals surface area contributed by atoms with Gasteiger partial charge in [-0.05, 0) is 36.8 Å². The van der Waals surface area contributed by atoms with E-state index in [2.05, 4.69) is 5.10 Å². The maximum absolute atomic E-state index is 5.28. The first kappa shape index (κ1) is 10.8. The molecule has 0 amide bonds. The van der Waals surface area contributed by atoms with E-state index in [0.29, 0.717) is 0 Å². The highest BCUT2D eigenvalue weighted by Gasteiger charge is 2.07. The fraction of sp³-hybridized carbons (Fsp3) is 0.133. The zero-order valence-electron chi connectivity index (χ0n) is 10.4. The highest BCUT2D eigenvalue weighted by Crippen LogP contribution is 2.24. The van der Waals surface area contributed by atoms with Crippen LogP contribution in [0.1, 0.15) is 5.56 Å². The minimum absolute atomic E-state index is 0.868. The smallest absolute Gasteiger partial charge is 0.119 e. The highest BCUT2D eigenvalue weighted by molar-refractivity contribution is 5.83. The minimum atomic E-state index is 0.868. The van der Waals surface area contributed by atoms with E-state index in [9.17, 15) is 0 Å². The van der Waals surface area contributed by atoms with Crippen LogP contribution in [0.15, 0.2) is 48.7 Å². The summed E-state index contributed by atoms with van der Waals surface area (Å²) >= 11 is 0. The van der Waals surface area contributed by atoms with Gasteiger partial charge in [-0.25, -0.2) is 4.68 Å². The second-order valence-electron chi connectivity index (χ2n) is 4.29. The number of nitrogens with zero attached hydrogens (tertiary/aromatic N) is 2. The quantitative estimate of drug-likeness (QED) is 0.684. The summed E-state index contributed by atoms with van der Waals surface area (Å²) in [6, 6.07) is 14.1. The van der Waals surface area contributed by atoms with E-state index in [0.717, 1.165) is 27.9 Å². The Bertz CT molecular complexity index is 686. The molecular weight excluding hydrogens is 224 g/mol. The number of ether oxygens (including phenoxy) is 1. The van der Waals surface area contributed by atoms with Gasteiger partial charge in [-0.3, -0.25) is 0 Å². The van der Waals surface area contributed by atoms with E-state index >= 15 is 0 Å². The molecule has 0 spiro atoms. The molecule has 0 aliphatic carbocycles. The lowest BCUT2D eigenvalue weighted by Gasteiger charge is -2.00. The maximum Gasteiger partial charge on any atom is 0.119 e. The van der Waals surface area contributed by atoms with Gasteiger partial charge in [0, 0.05) is 11.6 Å². The van der Waals surface area contributed by atoms with Crippen molar-refractivity contribution in [3.63, 3.8) is 0 Å². The van der Waals surface area contributed by atoms with E-state index in [1.165, 1.54) is 0 Å². The Hall–Kier alpha value is -2.29. The normalized spacial score (nSPS) is 10.8. The molecule has 0 fully saturated rings. The molecule has 3 heteroatoms. The first-order valence-electron chi connectivity index (χ1n) is 5.87. The van der Waals surface area contributed by atoms with Crippen LogP contribution in [-0.2, 0) is 0 Å². The number of aryl methyl sites for hydroxylation is 1. The summed E-state index contributed by atoms with van der Waals surface area (Å²) in [5, 5.41) is 5.71. The second kappa shape index (κ2) is 4.18. The van der Waals surface area contributed by atoms with Gasteiger partial charge in [0.25, 0.3) is 0 Å². The summed E-state index contributed by atoms with van der Waals surface area (Å²) < 4.78 is 7.18. The predicted molar refractivity (Wildman–Crippen MR) is 72.4 cm³/mol. The van der Waals surface area contributed by atoms with E-state index in [1.54, 1.807) is 7.11 Å². The Labute approximate surface area is 106 Å². The standard InChI is InChI=1S/C15H14N2O/c1-11-8-14(18-2)9-12-10-17(16-15(11)12)13-6-4-3-5-7-13/h3-10H,1-2H3. The number of rotatable bonds is 2. The van der Waals surface area contributed by atoms with Crippen molar-refractivity contribution in [2.75, 3.05) is 7.11 Å². The van der Waals surface area contributed by atoms with Crippen LogP contribution in [0.4, 0.5) is 0 Å². The zero-order valence-corrected chi connectivity index (χ0v) is 10.4. The highest BCUT2D eigenvalue weighted by atomic mass is 16.5. The fourth-order valence-corrected chi connectivity index (χ4v) is 2.11. The van der Waals surface area contributed by atoms with Gasteiger partial charge in [0.1, 0.15) is 5.75 Å². The lowest BCUT2D eigenvalue weighted by atomic mass is 10.1. The van der Waals surface area contributed by atoms with Crippen molar-refractivity contribution in [2.45, 2.75) is 6.92 Å². The minimum Gasteiger partial charge on any atom is -0.497 e. The van der Waals surface area contributed by atoms with Crippen molar-refractivity contribution in [1.82, 2.24) is 9.78 Å². The van der Waals surface area contributed by atoms with Gasteiger partial charge in [0.2, 0.25) is 0 Å². The Morgan fingerprint density at radius 2 is 1.89 bits per heavy atom. The number of para-hydroxylation sites is 1. The molecule has 3 rings (SSSR count). The Kier molecular flexibility index (Phi) is 2.52. The molecule has 1 heterocycles. The summed E-state index contributed by atoms with van der Waals surface area (Å²) in [5.41, 5.74) is 3.20. The van der Waals surface area contributed by atoms with Crippen LogP contribution in [-0.4, -0.2) is 16.9 Å². The molecule has 0 radical (unpaired) electrons. The van der Waals surface area contributed by atoms with Crippen LogP contribution in [0.2, 0.25) is 0 Å². The number of hydrogen-bond donors (Lipinski definition) is 0. The number of benzene rings is 2. The fourth-order valence-electron chi connectivity index (χ4n) is 2.11. The maximum atomic E-state index is 5.28. The number of aromatic nitrogens is 2. The third-order valence-electron chi connectivity index (χ3n) is 3.03. The van der Waals surface area contributed by atoms with Crippen LogP contribution in [0, 0.1) is 6.92 Å². The van der Waals surface area contributed by atoms with Crippen molar-refractivity contribution >= 4 is 10.9 Å². The first-order chi connectivity index (χ1) is 8.78. The van der Waals surface area contributed by atoms with Gasteiger partial charge in [-0.15, -0.1) is 0 Å².